The molecular weight excluding hydrogens is 242 g/mol. The molecule has 18 heavy (non-hydrogen) atoms. The molecule has 0 radical (unpaired) electrons. The van der Waals surface area contributed by atoms with Gasteiger partial charge in [0.25, 0.3) is 5.92 Å². The van der Waals surface area contributed by atoms with E-state index in [1.54, 1.807) is 6.07 Å². The molecule has 0 aromatic heterocycles. The van der Waals surface area contributed by atoms with E-state index in [1.807, 2.05) is 0 Å². The number of carbonyl (C=O) groups excluding carboxylic acids is 1. The van der Waals surface area contributed by atoms with Crippen molar-refractivity contribution in [2.24, 2.45) is 0 Å². The van der Waals surface area contributed by atoms with Crippen LogP contribution >= 0.6 is 0 Å². The lowest BCUT2D eigenvalue weighted by Crippen LogP contribution is -2.53. The molecule has 0 amide bonds. The van der Waals surface area contributed by atoms with Crippen LogP contribution in [0.25, 0.3) is 0 Å². The van der Waals surface area contributed by atoms with Crippen molar-refractivity contribution in [1.82, 2.24) is 0 Å². The molecule has 1 aliphatic heterocycles. The fourth-order valence-corrected chi connectivity index (χ4v) is 1.99. The van der Waals surface area contributed by atoms with Crippen LogP contribution < -0.4 is 0 Å². The molecule has 1 aliphatic rings. The first-order valence-electron chi connectivity index (χ1n) is 5.55. The van der Waals surface area contributed by atoms with Gasteiger partial charge in [-0.2, -0.15) is 0 Å². The van der Waals surface area contributed by atoms with Crippen LogP contribution in [0.3, 0.4) is 0 Å². The second kappa shape index (κ2) is 4.31. The van der Waals surface area contributed by atoms with Crippen molar-refractivity contribution in [1.29, 1.82) is 0 Å². The Balaban J connectivity index is 2.41. The average Bonchev–Trinajstić information content (AvgIpc) is 2.26. The van der Waals surface area contributed by atoms with Gasteiger partial charge >= 0.3 is 5.97 Å². The minimum atomic E-state index is -2.93. The fourth-order valence-electron chi connectivity index (χ4n) is 1.99. The zero-order valence-electron chi connectivity index (χ0n) is 10.2. The van der Waals surface area contributed by atoms with Crippen LogP contribution in [0.15, 0.2) is 24.3 Å². The maximum Gasteiger partial charge on any atom is 0.321 e. The second-order valence-corrected chi connectivity index (χ2v) is 4.54. The highest BCUT2D eigenvalue weighted by Gasteiger charge is 2.49. The van der Waals surface area contributed by atoms with Gasteiger partial charge in [0.05, 0.1) is 20.3 Å². The average molecular weight is 256 g/mol. The molecule has 5 heteroatoms. The summed E-state index contributed by atoms with van der Waals surface area (Å²) in [5.74, 6) is -3.39. The highest BCUT2D eigenvalue weighted by atomic mass is 19.3. The van der Waals surface area contributed by atoms with Crippen molar-refractivity contribution in [2.75, 3.05) is 20.3 Å². The van der Waals surface area contributed by atoms with E-state index in [0.29, 0.717) is 5.56 Å². The van der Waals surface area contributed by atoms with E-state index in [0.717, 1.165) is 6.92 Å². The summed E-state index contributed by atoms with van der Waals surface area (Å²) in [7, 11) is 1.28. The van der Waals surface area contributed by atoms with Crippen LogP contribution in [0, 0.1) is 0 Å². The summed E-state index contributed by atoms with van der Waals surface area (Å²) >= 11 is 0. The molecule has 0 atom stereocenters. The third-order valence-electron chi connectivity index (χ3n) is 3.20. The lowest BCUT2D eigenvalue weighted by Gasteiger charge is -2.39. The van der Waals surface area contributed by atoms with Gasteiger partial charge in [0.2, 0.25) is 0 Å². The largest absolute Gasteiger partial charge is 0.468 e. The minimum Gasteiger partial charge on any atom is -0.468 e. The van der Waals surface area contributed by atoms with Crippen molar-refractivity contribution < 1.29 is 23.0 Å². The highest BCUT2D eigenvalue weighted by Crippen LogP contribution is 2.36. The Morgan fingerprint density at radius 3 is 2.56 bits per heavy atom. The Bertz CT molecular complexity index is 462. The van der Waals surface area contributed by atoms with Crippen molar-refractivity contribution >= 4 is 5.97 Å². The highest BCUT2D eigenvalue weighted by molar-refractivity contribution is 5.84. The van der Waals surface area contributed by atoms with Gasteiger partial charge < -0.3 is 9.47 Å². The predicted molar refractivity (Wildman–Crippen MR) is 60.5 cm³/mol. The smallest absolute Gasteiger partial charge is 0.321 e. The number of halogens is 2. The number of hydrogen-bond donors (Lipinski definition) is 0. The third-order valence-corrected chi connectivity index (χ3v) is 3.20. The van der Waals surface area contributed by atoms with Crippen LogP contribution in [-0.4, -0.2) is 26.3 Å². The first kappa shape index (κ1) is 13.0. The van der Waals surface area contributed by atoms with E-state index in [4.69, 9.17) is 9.47 Å². The molecule has 0 bridgehead atoms. The second-order valence-electron chi connectivity index (χ2n) is 4.54. The van der Waals surface area contributed by atoms with Gasteiger partial charge in [0.1, 0.15) is 5.41 Å². The molecule has 1 aromatic carbocycles. The standard InChI is InChI=1S/C13H14F2O3/c1-12(14,15)9-4-3-5-10(6-9)13(7-18-8-13)11(16)17-2/h3-6H,7-8H2,1-2H3. The molecule has 98 valence electrons. The molecule has 0 N–H and O–H groups in total. The van der Waals surface area contributed by atoms with Crippen molar-refractivity contribution in [3.63, 3.8) is 0 Å². The van der Waals surface area contributed by atoms with Crippen molar-refractivity contribution in [3.05, 3.63) is 35.4 Å². The molecule has 0 aliphatic carbocycles. The van der Waals surface area contributed by atoms with Gasteiger partial charge in [-0.25, -0.2) is 8.78 Å². The number of hydrogen-bond acceptors (Lipinski definition) is 3. The zero-order chi connectivity index (χ0) is 13.4. The number of alkyl halides is 2. The lowest BCUT2D eigenvalue weighted by molar-refractivity contribution is -0.166. The van der Waals surface area contributed by atoms with Crippen LogP contribution in [0.5, 0.6) is 0 Å². The normalized spacial score (nSPS) is 18.0. The molecule has 1 fully saturated rings. The number of benzene rings is 1. The van der Waals surface area contributed by atoms with Crippen LogP contribution in [0.2, 0.25) is 0 Å². The Morgan fingerprint density at radius 2 is 2.11 bits per heavy atom. The molecule has 0 unspecified atom stereocenters. The predicted octanol–water partition coefficient (Wildman–Crippen LogP) is 2.24. The number of rotatable bonds is 3. The van der Waals surface area contributed by atoms with E-state index in [2.05, 4.69) is 0 Å². The van der Waals surface area contributed by atoms with Gasteiger partial charge in [-0.15, -0.1) is 0 Å². The number of methoxy groups -OCH3 is 1. The van der Waals surface area contributed by atoms with Crippen LogP contribution in [0.1, 0.15) is 18.1 Å². The Kier molecular flexibility index (Phi) is 3.11. The summed E-state index contributed by atoms with van der Waals surface area (Å²) in [5, 5.41) is 0. The molecule has 3 nitrogen and oxygen atoms in total. The SMILES string of the molecule is COC(=O)C1(c2cccc(C(C)(F)F)c2)COC1. The van der Waals surface area contributed by atoms with Crippen LogP contribution in [-0.2, 0) is 25.6 Å². The molecule has 0 saturated carbocycles. The van der Waals surface area contributed by atoms with Gasteiger partial charge in [0.15, 0.2) is 0 Å². The summed E-state index contributed by atoms with van der Waals surface area (Å²) in [6.45, 7) is 1.16. The summed E-state index contributed by atoms with van der Waals surface area (Å²) in [5.41, 5.74) is -0.537. The summed E-state index contributed by atoms with van der Waals surface area (Å²) < 4.78 is 36.3. The first-order chi connectivity index (χ1) is 8.40. The monoisotopic (exact) mass is 256 g/mol. The van der Waals surface area contributed by atoms with Gasteiger partial charge in [0, 0.05) is 12.5 Å². The molecule has 0 spiro atoms. The van der Waals surface area contributed by atoms with Crippen molar-refractivity contribution in [3.8, 4) is 0 Å². The number of esters is 1. The Labute approximate surface area is 104 Å². The number of carbonyl (C=O) groups is 1. The summed E-state index contributed by atoms with van der Waals surface area (Å²) in [6.07, 6.45) is 0. The zero-order valence-corrected chi connectivity index (χ0v) is 10.2. The van der Waals surface area contributed by atoms with E-state index >= 15 is 0 Å². The van der Waals surface area contributed by atoms with Gasteiger partial charge in [-0.3, -0.25) is 4.79 Å². The maximum absolute atomic E-state index is 13.3. The summed E-state index contributed by atoms with van der Waals surface area (Å²) in [6, 6.07) is 5.85. The fraction of sp³-hybridized carbons (Fsp3) is 0.462. The quantitative estimate of drug-likeness (QED) is 0.778. The molecular formula is C13H14F2O3. The maximum atomic E-state index is 13.3. The molecule has 2 rings (SSSR count). The van der Waals surface area contributed by atoms with Crippen molar-refractivity contribution in [2.45, 2.75) is 18.3 Å². The molecule has 1 heterocycles. The van der Waals surface area contributed by atoms with Gasteiger partial charge in [-0.1, -0.05) is 18.2 Å². The van der Waals surface area contributed by atoms with E-state index in [1.165, 1.54) is 25.3 Å². The van der Waals surface area contributed by atoms with Crippen LogP contribution in [0.4, 0.5) is 8.78 Å². The Hall–Kier alpha value is -1.49. The first-order valence-corrected chi connectivity index (χ1v) is 5.55. The molecule has 1 saturated heterocycles. The third kappa shape index (κ3) is 1.99. The topological polar surface area (TPSA) is 35.5 Å². The lowest BCUT2D eigenvalue weighted by atomic mass is 9.78. The Morgan fingerprint density at radius 1 is 1.44 bits per heavy atom. The molecule has 1 aromatic rings. The number of ether oxygens (including phenoxy) is 2. The van der Waals surface area contributed by atoms with E-state index in [-0.39, 0.29) is 18.8 Å². The minimum absolute atomic E-state index is 0.116. The summed E-state index contributed by atoms with van der Waals surface area (Å²) in [4.78, 5) is 11.8. The van der Waals surface area contributed by atoms with Gasteiger partial charge in [-0.05, 0) is 11.6 Å². The van der Waals surface area contributed by atoms with E-state index < -0.39 is 17.3 Å². The van der Waals surface area contributed by atoms with E-state index in [9.17, 15) is 13.6 Å².